The first-order chi connectivity index (χ1) is 16.1. The fourth-order valence-corrected chi connectivity index (χ4v) is 4.34. The number of pyridine rings is 2. The Morgan fingerprint density at radius 1 is 0.848 bits per heavy atom. The molecule has 0 unspecified atom stereocenters. The van der Waals surface area contributed by atoms with Crippen LogP contribution in [0.3, 0.4) is 0 Å². The Balaban J connectivity index is 0.000000129. The van der Waals surface area contributed by atoms with Gasteiger partial charge in [0.1, 0.15) is 11.6 Å². The fraction of sp³-hybridized carbons (Fsp3) is 0.333. The van der Waals surface area contributed by atoms with Crippen molar-refractivity contribution in [3.8, 4) is 5.69 Å². The Labute approximate surface area is 202 Å². The molecule has 0 atom stereocenters. The number of anilines is 2. The smallest absolute Gasteiger partial charge is 0.125 e. The lowest BCUT2D eigenvalue weighted by Gasteiger charge is -2.07. The maximum absolute atomic E-state index is 5.67. The van der Waals surface area contributed by atoms with Gasteiger partial charge >= 0.3 is 0 Å². The molecule has 2 aliphatic carbocycles. The van der Waals surface area contributed by atoms with Crippen molar-refractivity contribution in [2.75, 3.05) is 11.5 Å². The van der Waals surface area contributed by atoms with Crippen LogP contribution in [-0.2, 0) is 25.7 Å². The number of aryl methyl sites for hydroxylation is 4. The molecular formula is C24H29BrN8. The third-order valence-corrected chi connectivity index (χ3v) is 6.18. The monoisotopic (exact) mass is 508 g/mol. The Kier molecular flexibility index (Phi) is 7.72. The van der Waals surface area contributed by atoms with Gasteiger partial charge in [0.15, 0.2) is 0 Å². The summed E-state index contributed by atoms with van der Waals surface area (Å²) in [6.07, 6.45) is 17.3. The molecule has 8 nitrogen and oxygen atoms in total. The maximum Gasteiger partial charge on any atom is 0.125 e. The van der Waals surface area contributed by atoms with Gasteiger partial charge in [0.25, 0.3) is 0 Å². The molecule has 0 aromatic carbocycles. The molecule has 0 spiro atoms. The van der Waals surface area contributed by atoms with Crippen LogP contribution >= 0.6 is 15.9 Å². The molecule has 0 saturated heterocycles. The first kappa shape index (κ1) is 23.0. The van der Waals surface area contributed by atoms with Gasteiger partial charge in [-0.15, -0.1) is 0 Å². The Morgan fingerprint density at radius 3 is 2.21 bits per heavy atom. The maximum atomic E-state index is 5.67. The van der Waals surface area contributed by atoms with E-state index in [1.807, 2.05) is 29.1 Å². The number of H-pyrrole nitrogens is 1. The average molecular weight is 509 g/mol. The van der Waals surface area contributed by atoms with Crippen molar-refractivity contribution >= 4 is 27.6 Å². The summed E-state index contributed by atoms with van der Waals surface area (Å²) in [7, 11) is 0. The minimum atomic E-state index is 0.533. The van der Waals surface area contributed by atoms with Crippen molar-refractivity contribution in [1.29, 1.82) is 0 Å². The molecule has 2 aliphatic rings. The molecule has 0 amide bonds. The van der Waals surface area contributed by atoms with E-state index in [2.05, 4.69) is 47.4 Å². The van der Waals surface area contributed by atoms with Gasteiger partial charge in [0, 0.05) is 34.8 Å². The lowest BCUT2D eigenvalue weighted by Crippen LogP contribution is -2.00. The number of nitrogens with two attached hydrogens (primary N) is 2. The number of halogens is 1. The Morgan fingerprint density at radius 2 is 1.55 bits per heavy atom. The van der Waals surface area contributed by atoms with Crippen molar-refractivity contribution in [3.63, 3.8) is 0 Å². The Bertz CT molecular complexity index is 1120. The first-order valence-electron chi connectivity index (χ1n) is 11.3. The summed E-state index contributed by atoms with van der Waals surface area (Å²) < 4.78 is 2.87. The van der Waals surface area contributed by atoms with Crippen molar-refractivity contribution in [2.24, 2.45) is 0 Å². The number of nitrogen functional groups attached to an aromatic ring is 2. The quantitative estimate of drug-likeness (QED) is 0.349. The first-order valence-corrected chi connectivity index (χ1v) is 12.1. The summed E-state index contributed by atoms with van der Waals surface area (Å²) in [6.45, 7) is 0. The highest BCUT2D eigenvalue weighted by molar-refractivity contribution is 9.10. The molecule has 172 valence electrons. The zero-order chi connectivity index (χ0) is 23.0. The predicted octanol–water partition coefficient (Wildman–Crippen LogP) is 4.44. The van der Waals surface area contributed by atoms with Gasteiger partial charge in [0.05, 0.1) is 17.6 Å². The molecule has 33 heavy (non-hydrogen) atoms. The highest BCUT2D eigenvalue weighted by atomic mass is 79.9. The van der Waals surface area contributed by atoms with Gasteiger partial charge in [0.2, 0.25) is 0 Å². The molecule has 0 radical (unpaired) electrons. The minimum Gasteiger partial charge on any atom is -0.384 e. The third-order valence-electron chi connectivity index (χ3n) is 5.69. The molecule has 0 saturated carbocycles. The van der Waals surface area contributed by atoms with Crippen molar-refractivity contribution in [1.82, 2.24) is 29.9 Å². The van der Waals surface area contributed by atoms with E-state index in [-0.39, 0.29) is 0 Å². The largest absolute Gasteiger partial charge is 0.384 e. The highest BCUT2D eigenvalue weighted by Crippen LogP contribution is 2.21. The van der Waals surface area contributed by atoms with Gasteiger partial charge in [-0.2, -0.15) is 10.2 Å². The van der Waals surface area contributed by atoms with Gasteiger partial charge in [-0.3, -0.25) is 5.10 Å². The number of aromatic nitrogens is 6. The number of nitrogens with zero attached hydrogens (tertiary/aromatic N) is 5. The van der Waals surface area contributed by atoms with E-state index in [0.29, 0.717) is 11.6 Å². The van der Waals surface area contributed by atoms with Crippen molar-refractivity contribution in [2.45, 2.75) is 51.4 Å². The molecule has 5 N–H and O–H groups in total. The second-order valence-electron chi connectivity index (χ2n) is 8.17. The second-order valence-corrected chi connectivity index (χ2v) is 9.09. The SMILES string of the molecule is Nc1cc(-n2cc3c(n2)CCCC3)ccn1.Nc1cc(Br)ccn1.c1n[nH]c2c1CCCC2. The number of fused-ring (bicyclic) bond motifs is 2. The number of nitrogens with one attached hydrogen (secondary N) is 1. The molecular weight excluding hydrogens is 480 g/mol. The van der Waals surface area contributed by atoms with E-state index in [4.69, 9.17) is 11.5 Å². The van der Waals surface area contributed by atoms with Crippen LogP contribution in [0, 0.1) is 0 Å². The summed E-state index contributed by atoms with van der Waals surface area (Å²) in [5.41, 5.74) is 17.4. The van der Waals surface area contributed by atoms with E-state index in [1.165, 1.54) is 61.0 Å². The topological polar surface area (TPSA) is 124 Å². The second kappa shape index (κ2) is 11.1. The zero-order valence-electron chi connectivity index (χ0n) is 18.5. The van der Waals surface area contributed by atoms with Crippen LogP contribution in [0.1, 0.15) is 48.2 Å². The number of hydrogen-bond donors (Lipinski definition) is 3. The van der Waals surface area contributed by atoms with Crippen LogP contribution < -0.4 is 11.5 Å². The summed E-state index contributed by atoms with van der Waals surface area (Å²) >= 11 is 3.24. The predicted molar refractivity (Wildman–Crippen MR) is 134 cm³/mol. The summed E-state index contributed by atoms with van der Waals surface area (Å²) in [4.78, 5) is 7.77. The third kappa shape index (κ3) is 6.41. The lowest BCUT2D eigenvalue weighted by molar-refractivity contribution is 0.671. The summed E-state index contributed by atoms with van der Waals surface area (Å²) in [6, 6.07) is 7.35. The normalized spacial score (nSPS) is 14.1. The molecule has 0 aliphatic heterocycles. The lowest BCUT2D eigenvalue weighted by atomic mass is 9.99. The van der Waals surface area contributed by atoms with Crippen LogP contribution in [0.25, 0.3) is 5.69 Å². The van der Waals surface area contributed by atoms with Gasteiger partial charge in [-0.25, -0.2) is 14.6 Å². The molecule has 6 rings (SSSR count). The van der Waals surface area contributed by atoms with Crippen LogP contribution in [0.5, 0.6) is 0 Å². The number of aromatic amines is 1. The van der Waals surface area contributed by atoms with E-state index in [0.717, 1.165) is 23.0 Å². The average Bonchev–Trinajstić information content (AvgIpc) is 3.47. The van der Waals surface area contributed by atoms with E-state index < -0.39 is 0 Å². The summed E-state index contributed by atoms with van der Waals surface area (Å²) in [5, 5.41) is 11.6. The number of hydrogen-bond acceptors (Lipinski definition) is 6. The molecule has 4 aromatic heterocycles. The van der Waals surface area contributed by atoms with E-state index in [9.17, 15) is 0 Å². The number of rotatable bonds is 1. The van der Waals surface area contributed by atoms with Crippen molar-refractivity contribution < 1.29 is 0 Å². The Hall–Kier alpha value is -3.20. The molecule has 4 heterocycles. The van der Waals surface area contributed by atoms with Gasteiger partial charge < -0.3 is 11.5 Å². The van der Waals surface area contributed by atoms with Crippen molar-refractivity contribution in [3.05, 3.63) is 76.0 Å². The minimum absolute atomic E-state index is 0.533. The molecule has 0 fully saturated rings. The van der Waals surface area contributed by atoms with Crippen LogP contribution in [0.2, 0.25) is 0 Å². The van der Waals surface area contributed by atoms with E-state index >= 15 is 0 Å². The van der Waals surface area contributed by atoms with Gasteiger partial charge in [-0.1, -0.05) is 15.9 Å². The van der Waals surface area contributed by atoms with Gasteiger partial charge in [-0.05, 0) is 80.7 Å². The molecule has 0 bridgehead atoms. The molecule has 4 aromatic rings. The standard InChI is InChI=1S/C12H14N4.C7H10N2.C5H5BrN2/c13-12-7-10(5-6-14-12)16-8-9-3-1-2-4-11(9)15-16;1-2-4-7-6(3-1)5-8-9-7;6-4-1-2-8-5(7)3-4/h5-8H,1-4H2,(H2,13,14);5H,1-4H2,(H,8,9);1-3H,(H2,7,8). The van der Waals surface area contributed by atoms with Crippen LogP contribution in [0.4, 0.5) is 11.6 Å². The summed E-state index contributed by atoms with van der Waals surface area (Å²) in [5.74, 6) is 1.07. The van der Waals surface area contributed by atoms with Crippen LogP contribution in [-0.4, -0.2) is 29.9 Å². The fourth-order valence-electron chi connectivity index (χ4n) is 3.99. The van der Waals surface area contributed by atoms with Crippen LogP contribution in [0.15, 0.2) is 53.5 Å². The highest BCUT2D eigenvalue weighted by Gasteiger charge is 2.14. The zero-order valence-corrected chi connectivity index (χ0v) is 20.1. The molecule has 9 heteroatoms. The van der Waals surface area contributed by atoms with E-state index in [1.54, 1.807) is 18.5 Å².